The highest BCUT2D eigenvalue weighted by molar-refractivity contribution is 5.80. The summed E-state index contributed by atoms with van der Waals surface area (Å²) in [5.74, 6) is 0.806. The highest BCUT2D eigenvalue weighted by Gasteiger charge is 1.95. The third-order valence-electron chi connectivity index (χ3n) is 1.75. The molecule has 0 unspecified atom stereocenters. The van der Waals surface area contributed by atoms with E-state index in [1.165, 1.54) is 11.6 Å². The van der Waals surface area contributed by atoms with Gasteiger partial charge in [0.05, 0.1) is 6.26 Å². The minimum atomic E-state index is 0.806. The van der Waals surface area contributed by atoms with Crippen molar-refractivity contribution in [1.82, 2.24) is 4.98 Å². The summed E-state index contributed by atoms with van der Waals surface area (Å²) in [4.78, 5) is 3.10. The van der Waals surface area contributed by atoms with Gasteiger partial charge in [-0.05, 0) is 23.6 Å². The molecule has 1 aromatic heterocycles. The number of H-pyrrole nitrogens is 1. The maximum Gasteiger partial charge on any atom is 0.128 e. The Morgan fingerprint density at radius 1 is 1.33 bits per heavy atom. The molecular formula is C10H9NO. The summed E-state index contributed by atoms with van der Waals surface area (Å²) in [6.45, 7) is 3.49. The average molecular weight is 159 g/mol. The van der Waals surface area contributed by atoms with Gasteiger partial charge in [-0.3, -0.25) is 0 Å². The van der Waals surface area contributed by atoms with E-state index >= 15 is 0 Å². The highest BCUT2D eigenvalue weighted by atomic mass is 16.5. The minimum absolute atomic E-state index is 0.806. The number of aromatic nitrogens is 1. The molecule has 1 heterocycles. The number of hydrogen-bond acceptors (Lipinski definition) is 1. The topological polar surface area (TPSA) is 25.0 Å². The molecule has 1 N–H and O–H groups in total. The number of ether oxygens (including phenoxy) is 1. The van der Waals surface area contributed by atoms with E-state index in [4.69, 9.17) is 4.74 Å². The van der Waals surface area contributed by atoms with E-state index in [-0.39, 0.29) is 0 Å². The van der Waals surface area contributed by atoms with Gasteiger partial charge in [0.15, 0.2) is 0 Å². The van der Waals surface area contributed by atoms with Crippen LogP contribution in [-0.2, 0) is 0 Å². The SMILES string of the molecule is C=COc1ccc2cc[nH]c2c1. The molecule has 0 atom stereocenters. The van der Waals surface area contributed by atoms with Crippen molar-refractivity contribution in [2.75, 3.05) is 0 Å². The van der Waals surface area contributed by atoms with Crippen LogP contribution in [0, 0.1) is 0 Å². The van der Waals surface area contributed by atoms with Gasteiger partial charge >= 0.3 is 0 Å². The van der Waals surface area contributed by atoms with E-state index in [2.05, 4.69) is 11.6 Å². The lowest BCUT2D eigenvalue weighted by atomic mass is 10.2. The van der Waals surface area contributed by atoms with Gasteiger partial charge in [0, 0.05) is 17.8 Å². The zero-order valence-electron chi connectivity index (χ0n) is 6.58. The Balaban J connectivity index is 2.52. The zero-order valence-corrected chi connectivity index (χ0v) is 6.58. The van der Waals surface area contributed by atoms with E-state index in [1.54, 1.807) is 0 Å². The molecule has 0 amide bonds. The summed E-state index contributed by atoms with van der Waals surface area (Å²) >= 11 is 0. The van der Waals surface area contributed by atoms with Crippen molar-refractivity contribution >= 4 is 10.9 Å². The fraction of sp³-hybridized carbons (Fsp3) is 0. The molecule has 12 heavy (non-hydrogen) atoms. The predicted molar refractivity (Wildman–Crippen MR) is 49.1 cm³/mol. The minimum Gasteiger partial charge on any atom is -0.466 e. The molecule has 0 spiro atoms. The summed E-state index contributed by atoms with van der Waals surface area (Å²) < 4.78 is 5.13. The monoisotopic (exact) mass is 159 g/mol. The van der Waals surface area contributed by atoms with Crippen LogP contribution in [0.25, 0.3) is 10.9 Å². The van der Waals surface area contributed by atoms with Gasteiger partial charge in [0.1, 0.15) is 5.75 Å². The third-order valence-corrected chi connectivity index (χ3v) is 1.75. The van der Waals surface area contributed by atoms with E-state index in [0.29, 0.717) is 0 Å². The molecule has 0 fully saturated rings. The van der Waals surface area contributed by atoms with Gasteiger partial charge < -0.3 is 9.72 Å². The van der Waals surface area contributed by atoms with E-state index in [9.17, 15) is 0 Å². The number of benzene rings is 1. The van der Waals surface area contributed by atoms with E-state index < -0.39 is 0 Å². The van der Waals surface area contributed by atoms with Crippen LogP contribution in [-0.4, -0.2) is 4.98 Å². The smallest absolute Gasteiger partial charge is 0.128 e. The van der Waals surface area contributed by atoms with Crippen molar-refractivity contribution in [1.29, 1.82) is 0 Å². The Bertz CT molecular complexity index is 403. The number of aromatic amines is 1. The molecule has 0 aliphatic rings. The van der Waals surface area contributed by atoms with Crippen LogP contribution in [0.15, 0.2) is 43.3 Å². The van der Waals surface area contributed by atoms with Crippen LogP contribution in [0.5, 0.6) is 5.75 Å². The van der Waals surface area contributed by atoms with Crippen molar-refractivity contribution in [2.45, 2.75) is 0 Å². The Hall–Kier alpha value is -1.70. The first-order valence-electron chi connectivity index (χ1n) is 3.75. The molecular weight excluding hydrogens is 150 g/mol. The quantitative estimate of drug-likeness (QED) is 0.669. The standard InChI is InChI=1S/C10H9NO/c1-2-12-9-4-3-8-5-6-11-10(8)7-9/h2-7,11H,1H2. The second kappa shape index (κ2) is 2.74. The lowest BCUT2D eigenvalue weighted by Gasteiger charge is -1.98. The maximum atomic E-state index is 5.13. The first-order chi connectivity index (χ1) is 5.90. The highest BCUT2D eigenvalue weighted by Crippen LogP contribution is 2.19. The Morgan fingerprint density at radius 2 is 2.25 bits per heavy atom. The number of nitrogens with one attached hydrogen (secondary N) is 1. The first kappa shape index (κ1) is 6.98. The zero-order chi connectivity index (χ0) is 8.39. The lowest BCUT2D eigenvalue weighted by Crippen LogP contribution is -1.79. The summed E-state index contributed by atoms with van der Waals surface area (Å²) in [7, 11) is 0. The van der Waals surface area contributed by atoms with Crippen molar-refractivity contribution in [2.24, 2.45) is 0 Å². The van der Waals surface area contributed by atoms with Gasteiger partial charge in [-0.1, -0.05) is 6.58 Å². The van der Waals surface area contributed by atoms with Crippen LogP contribution >= 0.6 is 0 Å². The van der Waals surface area contributed by atoms with Crippen LogP contribution in [0.1, 0.15) is 0 Å². The molecule has 0 saturated heterocycles. The molecule has 1 aromatic carbocycles. The molecule has 0 saturated carbocycles. The second-order valence-electron chi connectivity index (χ2n) is 2.51. The molecule has 2 aromatic rings. The maximum absolute atomic E-state index is 5.13. The Morgan fingerprint density at radius 3 is 3.08 bits per heavy atom. The van der Waals surface area contributed by atoms with Crippen molar-refractivity contribution in [3.63, 3.8) is 0 Å². The first-order valence-corrected chi connectivity index (χ1v) is 3.75. The third kappa shape index (κ3) is 1.07. The molecule has 0 bridgehead atoms. The number of hydrogen-bond donors (Lipinski definition) is 1. The van der Waals surface area contributed by atoms with Gasteiger partial charge in [-0.2, -0.15) is 0 Å². The van der Waals surface area contributed by atoms with Gasteiger partial charge in [0.25, 0.3) is 0 Å². The lowest BCUT2D eigenvalue weighted by molar-refractivity contribution is 0.484. The molecule has 60 valence electrons. The Labute approximate surface area is 70.5 Å². The number of rotatable bonds is 2. The molecule has 0 aliphatic heterocycles. The van der Waals surface area contributed by atoms with Crippen LogP contribution in [0.3, 0.4) is 0 Å². The van der Waals surface area contributed by atoms with Crippen molar-refractivity contribution < 1.29 is 4.74 Å². The van der Waals surface area contributed by atoms with Crippen LogP contribution in [0.2, 0.25) is 0 Å². The average Bonchev–Trinajstić information content (AvgIpc) is 2.51. The summed E-state index contributed by atoms with van der Waals surface area (Å²) in [5.41, 5.74) is 1.08. The van der Waals surface area contributed by atoms with Crippen LogP contribution < -0.4 is 4.74 Å². The van der Waals surface area contributed by atoms with Crippen LogP contribution in [0.4, 0.5) is 0 Å². The fourth-order valence-electron chi connectivity index (χ4n) is 1.20. The second-order valence-corrected chi connectivity index (χ2v) is 2.51. The Kier molecular flexibility index (Phi) is 1.59. The molecule has 0 aliphatic carbocycles. The summed E-state index contributed by atoms with van der Waals surface area (Å²) in [6.07, 6.45) is 3.33. The van der Waals surface area contributed by atoms with Gasteiger partial charge in [-0.15, -0.1) is 0 Å². The van der Waals surface area contributed by atoms with E-state index in [0.717, 1.165) is 11.3 Å². The van der Waals surface area contributed by atoms with Gasteiger partial charge in [0.2, 0.25) is 0 Å². The summed E-state index contributed by atoms with van der Waals surface area (Å²) in [6, 6.07) is 7.88. The van der Waals surface area contributed by atoms with Gasteiger partial charge in [-0.25, -0.2) is 0 Å². The largest absolute Gasteiger partial charge is 0.466 e. The molecule has 2 nitrogen and oxygen atoms in total. The van der Waals surface area contributed by atoms with Crippen molar-refractivity contribution in [3.05, 3.63) is 43.3 Å². The molecule has 2 heteroatoms. The summed E-state index contributed by atoms with van der Waals surface area (Å²) in [5, 5.41) is 1.19. The number of fused-ring (bicyclic) bond motifs is 1. The fourth-order valence-corrected chi connectivity index (χ4v) is 1.20. The molecule has 0 radical (unpaired) electrons. The van der Waals surface area contributed by atoms with Crippen molar-refractivity contribution in [3.8, 4) is 5.75 Å². The predicted octanol–water partition coefficient (Wildman–Crippen LogP) is 2.69. The van der Waals surface area contributed by atoms with E-state index in [1.807, 2.05) is 30.5 Å². The molecule has 2 rings (SSSR count). The normalized spacial score (nSPS) is 10.0.